The zero-order valence-corrected chi connectivity index (χ0v) is 15.6. The molecule has 0 radical (unpaired) electrons. The second-order valence-electron chi connectivity index (χ2n) is 6.37. The van der Waals surface area contributed by atoms with E-state index in [2.05, 4.69) is 20.8 Å². The van der Waals surface area contributed by atoms with Crippen LogP contribution in [0.1, 0.15) is 30.5 Å². The van der Waals surface area contributed by atoms with Gasteiger partial charge in [0.15, 0.2) is 11.5 Å². The largest absolute Gasteiger partial charge is 0.493 e. The van der Waals surface area contributed by atoms with Crippen LogP contribution in [0.5, 0.6) is 11.5 Å². The van der Waals surface area contributed by atoms with Crippen molar-refractivity contribution < 1.29 is 13.9 Å². The standard InChI is InChI=1S/C20H20FN5O2/c1-3-9-28-18-8-7-14(11-19(18)27-2)17-12-16(13-5-4-6-15(21)10-13)22-20-23-24-25-26(17)20/h4-8,10-12,17H,3,9H2,1-2H3,(H,22,23,25). The van der Waals surface area contributed by atoms with Crippen molar-refractivity contribution in [2.75, 3.05) is 19.0 Å². The highest BCUT2D eigenvalue weighted by molar-refractivity contribution is 5.77. The van der Waals surface area contributed by atoms with Gasteiger partial charge < -0.3 is 14.8 Å². The molecule has 2 aromatic carbocycles. The number of halogens is 1. The molecule has 0 saturated carbocycles. The van der Waals surface area contributed by atoms with Crippen LogP contribution in [-0.2, 0) is 0 Å². The Morgan fingerprint density at radius 1 is 1.18 bits per heavy atom. The van der Waals surface area contributed by atoms with E-state index in [0.717, 1.165) is 17.7 Å². The smallest absolute Gasteiger partial charge is 0.248 e. The quantitative estimate of drug-likeness (QED) is 0.702. The third-order valence-corrected chi connectivity index (χ3v) is 4.45. The van der Waals surface area contributed by atoms with Crippen molar-refractivity contribution in [1.29, 1.82) is 0 Å². The van der Waals surface area contributed by atoms with E-state index in [1.165, 1.54) is 12.1 Å². The number of nitrogens with one attached hydrogen (secondary N) is 1. The number of allylic oxidation sites excluding steroid dienone is 1. The molecule has 1 unspecified atom stereocenters. The number of nitrogens with zero attached hydrogens (tertiary/aromatic N) is 4. The molecule has 28 heavy (non-hydrogen) atoms. The van der Waals surface area contributed by atoms with Gasteiger partial charge in [0.05, 0.1) is 13.7 Å². The Hall–Kier alpha value is -3.42. The van der Waals surface area contributed by atoms with Gasteiger partial charge in [-0.15, -0.1) is 0 Å². The Labute approximate surface area is 161 Å². The first-order chi connectivity index (χ1) is 13.7. The van der Waals surface area contributed by atoms with Gasteiger partial charge in [-0.3, -0.25) is 0 Å². The monoisotopic (exact) mass is 381 g/mol. The Balaban J connectivity index is 1.75. The lowest BCUT2D eigenvalue weighted by molar-refractivity contribution is 0.294. The molecule has 1 atom stereocenters. The first-order valence-corrected chi connectivity index (χ1v) is 9.03. The van der Waals surface area contributed by atoms with E-state index in [0.29, 0.717) is 29.6 Å². The average Bonchev–Trinajstić information content (AvgIpc) is 3.20. The Kier molecular flexibility index (Phi) is 4.92. The molecule has 1 aliphatic heterocycles. The number of fused-ring (bicyclic) bond motifs is 1. The number of benzene rings is 2. The van der Waals surface area contributed by atoms with Crippen molar-refractivity contribution in [2.24, 2.45) is 0 Å². The molecule has 0 spiro atoms. The molecule has 0 fully saturated rings. The molecule has 8 heteroatoms. The predicted molar refractivity (Wildman–Crippen MR) is 103 cm³/mol. The van der Waals surface area contributed by atoms with Crippen LogP contribution in [-0.4, -0.2) is 33.9 Å². The van der Waals surface area contributed by atoms with E-state index >= 15 is 0 Å². The lowest BCUT2D eigenvalue weighted by atomic mass is 10.0. The topological polar surface area (TPSA) is 74.1 Å². The van der Waals surface area contributed by atoms with Crippen LogP contribution in [0.15, 0.2) is 48.5 Å². The maximum absolute atomic E-state index is 13.7. The fourth-order valence-corrected chi connectivity index (χ4v) is 3.12. The molecule has 2 heterocycles. The van der Waals surface area contributed by atoms with Crippen LogP contribution in [0, 0.1) is 5.82 Å². The molecule has 144 valence electrons. The van der Waals surface area contributed by atoms with Gasteiger partial charge >= 0.3 is 0 Å². The summed E-state index contributed by atoms with van der Waals surface area (Å²) in [4.78, 5) is 0. The maximum Gasteiger partial charge on any atom is 0.248 e. The zero-order chi connectivity index (χ0) is 19.5. The second kappa shape index (κ2) is 7.67. The van der Waals surface area contributed by atoms with E-state index in [1.54, 1.807) is 17.9 Å². The second-order valence-corrected chi connectivity index (χ2v) is 6.37. The molecule has 7 nitrogen and oxygen atoms in total. The van der Waals surface area contributed by atoms with Gasteiger partial charge in [-0.2, -0.15) is 4.68 Å². The number of aromatic nitrogens is 4. The predicted octanol–water partition coefficient (Wildman–Crippen LogP) is 3.67. The molecule has 1 N–H and O–H groups in total. The van der Waals surface area contributed by atoms with Crippen molar-refractivity contribution in [3.63, 3.8) is 0 Å². The molecular weight excluding hydrogens is 361 g/mol. The number of anilines is 1. The van der Waals surface area contributed by atoms with E-state index in [1.807, 2.05) is 37.3 Å². The van der Waals surface area contributed by atoms with E-state index in [9.17, 15) is 4.39 Å². The summed E-state index contributed by atoms with van der Waals surface area (Å²) >= 11 is 0. The fourth-order valence-electron chi connectivity index (χ4n) is 3.12. The van der Waals surface area contributed by atoms with Gasteiger partial charge in [0.1, 0.15) is 11.9 Å². The van der Waals surface area contributed by atoms with Crippen LogP contribution in [0.4, 0.5) is 10.3 Å². The SMILES string of the molecule is CCCOc1ccc(C2C=C(c3cccc(F)c3)Nc3nnnn32)cc1OC. The molecule has 0 saturated heterocycles. The molecule has 1 aromatic heterocycles. The third-order valence-electron chi connectivity index (χ3n) is 4.45. The number of rotatable bonds is 6. The summed E-state index contributed by atoms with van der Waals surface area (Å²) in [6.45, 7) is 2.66. The van der Waals surface area contributed by atoms with Crippen LogP contribution in [0.2, 0.25) is 0 Å². The van der Waals surface area contributed by atoms with Gasteiger partial charge in [-0.25, -0.2) is 4.39 Å². The average molecular weight is 381 g/mol. The summed E-state index contributed by atoms with van der Waals surface area (Å²) in [5, 5.41) is 15.0. The molecule has 1 aliphatic rings. The van der Waals surface area contributed by atoms with Crippen molar-refractivity contribution in [3.8, 4) is 11.5 Å². The Bertz CT molecular complexity index is 1020. The number of tetrazole rings is 1. The summed E-state index contributed by atoms with van der Waals surface area (Å²) in [6, 6.07) is 11.8. The molecule has 4 rings (SSSR count). The minimum atomic E-state index is -0.305. The van der Waals surface area contributed by atoms with Crippen molar-refractivity contribution in [3.05, 3.63) is 65.5 Å². The lowest BCUT2D eigenvalue weighted by Gasteiger charge is -2.24. The van der Waals surface area contributed by atoms with Crippen molar-refractivity contribution in [2.45, 2.75) is 19.4 Å². The zero-order valence-electron chi connectivity index (χ0n) is 15.6. The molecule has 0 aliphatic carbocycles. The van der Waals surface area contributed by atoms with Crippen molar-refractivity contribution >= 4 is 11.6 Å². The number of methoxy groups -OCH3 is 1. The summed E-state index contributed by atoms with van der Waals surface area (Å²) in [6.07, 6.45) is 2.87. The molecule has 0 bridgehead atoms. The van der Waals surface area contributed by atoms with Gasteiger partial charge in [-0.05, 0) is 52.8 Å². The highest BCUT2D eigenvalue weighted by Gasteiger charge is 2.25. The Morgan fingerprint density at radius 3 is 2.86 bits per heavy atom. The highest BCUT2D eigenvalue weighted by atomic mass is 19.1. The van der Waals surface area contributed by atoms with Crippen molar-refractivity contribution in [1.82, 2.24) is 20.2 Å². The van der Waals surface area contributed by atoms with Gasteiger partial charge in [0.25, 0.3) is 0 Å². The molecule has 0 amide bonds. The summed E-state index contributed by atoms with van der Waals surface area (Å²) in [5.74, 6) is 1.51. The van der Waals surface area contributed by atoms with Crippen LogP contribution < -0.4 is 14.8 Å². The molecule has 3 aromatic rings. The summed E-state index contributed by atoms with van der Waals surface area (Å²) in [7, 11) is 1.61. The normalized spacial score (nSPS) is 15.4. The maximum atomic E-state index is 13.7. The number of ether oxygens (including phenoxy) is 2. The van der Waals surface area contributed by atoms with Gasteiger partial charge in [0.2, 0.25) is 5.95 Å². The first kappa shape index (κ1) is 18.0. The summed E-state index contributed by atoms with van der Waals surface area (Å²) in [5.41, 5.74) is 2.37. The third kappa shape index (κ3) is 3.40. The number of hydrogen-bond acceptors (Lipinski definition) is 6. The van der Waals surface area contributed by atoms with Gasteiger partial charge in [-0.1, -0.05) is 30.2 Å². The molecular formula is C20H20FN5O2. The van der Waals surface area contributed by atoms with Crippen LogP contribution in [0.25, 0.3) is 5.70 Å². The minimum Gasteiger partial charge on any atom is -0.493 e. The minimum absolute atomic E-state index is 0.279. The fraction of sp³-hybridized carbons (Fsp3) is 0.250. The highest BCUT2D eigenvalue weighted by Crippen LogP contribution is 2.36. The van der Waals surface area contributed by atoms with E-state index < -0.39 is 0 Å². The van der Waals surface area contributed by atoms with E-state index in [4.69, 9.17) is 9.47 Å². The lowest BCUT2D eigenvalue weighted by Crippen LogP contribution is -2.20. The Morgan fingerprint density at radius 2 is 2.07 bits per heavy atom. The first-order valence-electron chi connectivity index (χ1n) is 9.03. The summed E-state index contributed by atoms with van der Waals surface area (Å²) < 4.78 is 26.6. The van der Waals surface area contributed by atoms with E-state index in [-0.39, 0.29) is 11.9 Å². The number of hydrogen-bond donors (Lipinski definition) is 1. The van der Waals surface area contributed by atoms with Crippen LogP contribution in [0.3, 0.4) is 0 Å². The van der Waals surface area contributed by atoms with Gasteiger partial charge in [0, 0.05) is 11.3 Å². The van der Waals surface area contributed by atoms with Crippen LogP contribution >= 0.6 is 0 Å².